The second-order valence-electron chi connectivity index (χ2n) is 7.04. The van der Waals surface area contributed by atoms with Gasteiger partial charge < -0.3 is 9.64 Å². The van der Waals surface area contributed by atoms with E-state index in [0.29, 0.717) is 25.9 Å². The van der Waals surface area contributed by atoms with E-state index in [-0.39, 0.29) is 17.8 Å². The summed E-state index contributed by atoms with van der Waals surface area (Å²) in [6, 6.07) is 18.0. The number of amides is 1. The molecule has 1 unspecified atom stereocenters. The van der Waals surface area contributed by atoms with Crippen LogP contribution in [-0.2, 0) is 20.7 Å². The number of hydrogen-bond donors (Lipinski definition) is 0. The number of para-hydroxylation sites is 3. The fourth-order valence-electron chi connectivity index (χ4n) is 3.50. The molecule has 0 saturated heterocycles. The minimum atomic E-state index is -0.349. The predicted octanol–water partition coefficient (Wildman–Crippen LogP) is 3.62. The maximum Gasteiger partial charge on any atom is 0.310 e. The molecule has 0 aliphatic rings. The SMILES string of the molecule is CCN(CC(C)C(=O)OC)C(=O)CCc1nc2ccccc2n1-c1ccccc1. The van der Waals surface area contributed by atoms with Crippen molar-refractivity contribution in [2.24, 2.45) is 5.92 Å². The summed E-state index contributed by atoms with van der Waals surface area (Å²) in [6.07, 6.45) is 0.851. The molecule has 0 radical (unpaired) electrons. The molecule has 0 aliphatic heterocycles. The Labute approximate surface area is 171 Å². The van der Waals surface area contributed by atoms with Gasteiger partial charge in [0.15, 0.2) is 0 Å². The van der Waals surface area contributed by atoms with Gasteiger partial charge in [0.1, 0.15) is 5.82 Å². The van der Waals surface area contributed by atoms with Gasteiger partial charge in [-0.25, -0.2) is 4.98 Å². The minimum absolute atomic E-state index is 0.00919. The third kappa shape index (κ3) is 4.65. The number of methoxy groups -OCH3 is 1. The van der Waals surface area contributed by atoms with Crippen LogP contribution in [-0.4, -0.2) is 46.5 Å². The van der Waals surface area contributed by atoms with E-state index >= 15 is 0 Å². The Morgan fingerprint density at radius 3 is 2.48 bits per heavy atom. The van der Waals surface area contributed by atoms with Crippen LogP contribution < -0.4 is 0 Å². The molecule has 1 amide bonds. The van der Waals surface area contributed by atoms with E-state index in [1.54, 1.807) is 11.8 Å². The molecule has 1 atom stereocenters. The molecule has 0 spiro atoms. The second kappa shape index (κ2) is 9.37. The molecule has 2 aromatic carbocycles. The van der Waals surface area contributed by atoms with Crippen molar-refractivity contribution in [1.29, 1.82) is 0 Å². The van der Waals surface area contributed by atoms with E-state index in [1.165, 1.54) is 7.11 Å². The Bertz CT molecular complexity index is 981. The Balaban J connectivity index is 1.80. The number of rotatable bonds is 8. The van der Waals surface area contributed by atoms with Crippen LogP contribution in [0.2, 0.25) is 0 Å². The average molecular weight is 393 g/mol. The molecule has 6 nitrogen and oxygen atoms in total. The van der Waals surface area contributed by atoms with Gasteiger partial charge in [-0.1, -0.05) is 37.3 Å². The number of aromatic nitrogens is 2. The number of carbonyl (C=O) groups is 2. The van der Waals surface area contributed by atoms with E-state index in [9.17, 15) is 9.59 Å². The monoisotopic (exact) mass is 393 g/mol. The van der Waals surface area contributed by atoms with Crippen LogP contribution in [0.4, 0.5) is 0 Å². The molecule has 0 saturated carbocycles. The van der Waals surface area contributed by atoms with Gasteiger partial charge in [-0.15, -0.1) is 0 Å². The number of esters is 1. The number of ether oxygens (including phenoxy) is 1. The maximum atomic E-state index is 12.8. The molecule has 152 valence electrons. The van der Waals surface area contributed by atoms with E-state index in [2.05, 4.69) is 4.57 Å². The third-order valence-corrected chi connectivity index (χ3v) is 5.04. The van der Waals surface area contributed by atoms with Crippen LogP contribution in [0.3, 0.4) is 0 Å². The molecule has 1 heterocycles. The Morgan fingerprint density at radius 1 is 1.10 bits per heavy atom. The Hall–Kier alpha value is -3.15. The highest BCUT2D eigenvalue weighted by atomic mass is 16.5. The summed E-state index contributed by atoms with van der Waals surface area (Å²) >= 11 is 0. The van der Waals surface area contributed by atoms with E-state index in [1.807, 2.05) is 61.5 Å². The van der Waals surface area contributed by atoms with Crippen molar-refractivity contribution in [2.75, 3.05) is 20.2 Å². The molecular formula is C23H27N3O3. The number of fused-ring (bicyclic) bond motifs is 1. The first-order chi connectivity index (χ1) is 14.0. The summed E-state index contributed by atoms with van der Waals surface area (Å²) < 4.78 is 6.88. The van der Waals surface area contributed by atoms with Crippen molar-refractivity contribution in [3.05, 3.63) is 60.4 Å². The maximum absolute atomic E-state index is 12.8. The van der Waals surface area contributed by atoms with Crippen LogP contribution in [0.1, 0.15) is 26.1 Å². The minimum Gasteiger partial charge on any atom is -0.469 e. The average Bonchev–Trinajstić information content (AvgIpc) is 3.13. The topological polar surface area (TPSA) is 64.4 Å². The summed E-state index contributed by atoms with van der Waals surface area (Å²) in [7, 11) is 1.37. The molecule has 0 fully saturated rings. The van der Waals surface area contributed by atoms with Gasteiger partial charge in [-0.3, -0.25) is 14.2 Å². The van der Waals surface area contributed by atoms with E-state index < -0.39 is 0 Å². The highest BCUT2D eigenvalue weighted by Gasteiger charge is 2.21. The van der Waals surface area contributed by atoms with Crippen LogP contribution in [0.25, 0.3) is 16.7 Å². The van der Waals surface area contributed by atoms with Crippen molar-refractivity contribution in [1.82, 2.24) is 14.5 Å². The molecule has 29 heavy (non-hydrogen) atoms. The Kier molecular flexibility index (Phi) is 6.65. The Morgan fingerprint density at radius 2 is 1.79 bits per heavy atom. The lowest BCUT2D eigenvalue weighted by Gasteiger charge is -2.23. The molecule has 0 N–H and O–H groups in total. The fraction of sp³-hybridized carbons (Fsp3) is 0.348. The fourth-order valence-corrected chi connectivity index (χ4v) is 3.50. The van der Waals surface area contributed by atoms with Crippen LogP contribution in [0.15, 0.2) is 54.6 Å². The number of carbonyl (C=O) groups excluding carboxylic acids is 2. The summed E-state index contributed by atoms with van der Waals surface area (Å²) in [6.45, 7) is 4.60. The lowest BCUT2D eigenvalue weighted by Crippen LogP contribution is -2.37. The molecule has 1 aromatic heterocycles. The zero-order valence-electron chi connectivity index (χ0n) is 17.2. The van der Waals surface area contributed by atoms with Crippen LogP contribution >= 0.6 is 0 Å². The number of benzene rings is 2. The predicted molar refractivity (Wildman–Crippen MR) is 113 cm³/mol. The normalized spacial score (nSPS) is 12.0. The number of imidazole rings is 1. The number of hydrogen-bond acceptors (Lipinski definition) is 4. The first kappa shape index (κ1) is 20.6. The molecule has 6 heteroatoms. The number of nitrogens with zero attached hydrogens (tertiary/aromatic N) is 3. The molecule has 3 aromatic rings. The highest BCUT2D eigenvalue weighted by molar-refractivity contribution is 5.80. The molecule has 3 rings (SSSR count). The second-order valence-corrected chi connectivity index (χ2v) is 7.04. The van der Waals surface area contributed by atoms with Crippen molar-refractivity contribution < 1.29 is 14.3 Å². The van der Waals surface area contributed by atoms with Crippen LogP contribution in [0, 0.1) is 5.92 Å². The standard InChI is InChI=1S/C23H27N3O3/c1-4-25(16-17(2)23(28)29-3)22(27)15-14-21-24-19-12-8-9-13-20(19)26(21)18-10-6-5-7-11-18/h5-13,17H,4,14-16H2,1-3H3. The number of aryl methyl sites for hydroxylation is 1. The molecule has 0 bridgehead atoms. The first-order valence-corrected chi connectivity index (χ1v) is 9.92. The first-order valence-electron chi connectivity index (χ1n) is 9.92. The quantitative estimate of drug-likeness (QED) is 0.549. The van der Waals surface area contributed by atoms with E-state index in [0.717, 1.165) is 22.5 Å². The van der Waals surface area contributed by atoms with Crippen molar-refractivity contribution in [3.8, 4) is 5.69 Å². The smallest absolute Gasteiger partial charge is 0.310 e. The summed E-state index contributed by atoms with van der Waals surface area (Å²) in [5.74, 6) is 0.206. The molecular weight excluding hydrogens is 366 g/mol. The van der Waals surface area contributed by atoms with Crippen LogP contribution in [0.5, 0.6) is 0 Å². The zero-order chi connectivity index (χ0) is 20.8. The van der Waals surface area contributed by atoms with Gasteiger partial charge in [-0.05, 0) is 31.2 Å². The van der Waals surface area contributed by atoms with Gasteiger partial charge in [-0.2, -0.15) is 0 Å². The van der Waals surface area contributed by atoms with Crippen molar-refractivity contribution >= 4 is 22.9 Å². The van der Waals surface area contributed by atoms with Crippen molar-refractivity contribution in [3.63, 3.8) is 0 Å². The summed E-state index contributed by atoms with van der Waals surface area (Å²) in [5, 5.41) is 0. The van der Waals surface area contributed by atoms with Gasteiger partial charge >= 0.3 is 5.97 Å². The van der Waals surface area contributed by atoms with Gasteiger partial charge in [0, 0.05) is 31.6 Å². The molecule has 0 aliphatic carbocycles. The summed E-state index contributed by atoms with van der Waals surface area (Å²) in [5.41, 5.74) is 2.95. The van der Waals surface area contributed by atoms with Crippen molar-refractivity contribution in [2.45, 2.75) is 26.7 Å². The summed E-state index contributed by atoms with van der Waals surface area (Å²) in [4.78, 5) is 31.0. The van der Waals surface area contributed by atoms with E-state index in [4.69, 9.17) is 9.72 Å². The van der Waals surface area contributed by atoms with Gasteiger partial charge in [0.25, 0.3) is 0 Å². The lowest BCUT2D eigenvalue weighted by molar-refractivity contribution is -0.146. The lowest BCUT2D eigenvalue weighted by atomic mass is 10.1. The zero-order valence-corrected chi connectivity index (χ0v) is 17.2. The van der Waals surface area contributed by atoms with Gasteiger partial charge in [0.05, 0.1) is 24.1 Å². The highest BCUT2D eigenvalue weighted by Crippen LogP contribution is 2.22. The third-order valence-electron chi connectivity index (χ3n) is 5.04. The van der Waals surface area contributed by atoms with Gasteiger partial charge in [0.2, 0.25) is 5.91 Å². The largest absolute Gasteiger partial charge is 0.469 e.